The van der Waals surface area contributed by atoms with E-state index in [1.807, 2.05) is 0 Å². The van der Waals surface area contributed by atoms with Gasteiger partial charge in [-0.3, -0.25) is 0 Å². The van der Waals surface area contributed by atoms with E-state index in [-0.39, 0.29) is 0 Å². The normalized spacial score (nSPS) is 22.1. The van der Waals surface area contributed by atoms with Gasteiger partial charge in [-0.2, -0.15) is 0 Å². The van der Waals surface area contributed by atoms with Gasteiger partial charge < -0.3 is 37.9 Å². The molecule has 0 amide bonds. The highest BCUT2D eigenvalue weighted by atomic mass is 17.0. The molecule has 16 nitrogen and oxygen atoms in total. The number of esters is 8. The van der Waals surface area contributed by atoms with Crippen molar-refractivity contribution in [1.29, 1.82) is 0 Å². The zero-order valence-electron chi connectivity index (χ0n) is 16.2. The van der Waals surface area contributed by atoms with Gasteiger partial charge in [-0.25, -0.2) is 38.4 Å². The lowest BCUT2D eigenvalue weighted by molar-refractivity contribution is -0.427. The molecule has 0 aromatic heterocycles. The summed E-state index contributed by atoms with van der Waals surface area (Å²) in [5, 5.41) is 0. The van der Waals surface area contributed by atoms with Gasteiger partial charge in [0, 0.05) is 48.6 Å². The van der Waals surface area contributed by atoms with E-state index in [9.17, 15) is 38.4 Å². The first-order chi connectivity index (χ1) is 16.0. The summed E-state index contributed by atoms with van der Waals surface area (Å²) < 4.78 is 35.5. The Labute approximate surface area is 185 Å². The molecule has 16 heteroatoms. The molecule has 0 aromatic carbocycles. The van der Waals surface area contributed by atoms with Crippen LogP contribution < -0.4 is 0 Å². The third-order valence-corrected chi connectivity index (χ3v) is 3.23. The Balaban J connectivity index is 0.000000191. The Bertz CT molecular complexity index is 856. The van der Waals surface area contributed by atoms with Crippen molar-refractivity contribution < 1.29 is 76.3 Å². The number of carbonyl (C=O) groups excluding carboxylic acids is 8. The maximum Gasteiger partial charge on any atom is 0.620 e. The lowest BCUT2D eigenvalue weighted by atomic mass is 10.5. The van der Waals surface area contributed by atoms with E-state index in [4.69, 9.17) is 0 Å². The number of ether oxygens (including phenoxy) is 8. The first-order valence-electron chi connectivity index (χ1n) is 8.54. The predicted molar refractivity (Wildman–Crippen MR) is 90.8 cm³/mol. The summed E-state index contributed by atoms with van der Waals surface area (Å²) in [5.74, 6) is -8.57. The van der Waals surface area contributed by atoms with E-state index in [1.165, 1.54) is 0 Å². The summed E-state index contributed by atoms with van der Waals surface area (Å²) in [7, 11) is 0. The zero-order chi connectivity index (χ0) is 24.9. The molecule has 0 bridgehead atoms. The van der Waals surface area contributed by atoms with Crippen LogP contribution in [0.3, 0.4) is 0 Å². The summed E-state index contributed by atoms with van der Waals surface area (Å²) >= 11 is 0. The smallest absolute Gasteiger partial charge is 0.349 e. The second-order valence-corrected chi connectivity index (χ2v) is 5.70. The third-order valence-electron chi connectivity index (χ3n) is 3.23. The van der Waals surface area contributed by atoms with Gasteiger partial charge >= 0.3 is 60.1 Å². The van der Waals surface area contributed by atoms with Crippen LogP contribution in [0, 0.1) is 0 Å². The minimum atomic E-state index is -2.81. The molecule has 0 aromatic rings. The Morgan fingerprint density at radius 3 is 0.529 bits per heavy atom. The highest BCUT2D eigenvalue weighted by Crippen LogP contribution is 2.24. The molecule has 4 rings (SSSR count). The van der Waals surface area contributed by atoms with Gasteiger partial charge in [0.2, 0.25) is 0 Å². The molecule has 2 spiro atoms. The van der Waals surface area contributed by atoms with Crippen LogP contribution in [0.2, 0.25) is 0 Å². The van der Waals surface area contributed by atoms with Crippen LogP contribution in [0.15, 0.2) is 48.6 Å². The zero-order valence-corrected chi connectivity index (χ0v) is 16.2. The number of rotatable bonds is 0. The molecule has 4 aliphatic heterocycles. The number of carbonyl (C=O) groups is 8. The van der Waals surface area contributed by atoms with Crippen LogP contribution in [0.25, 0.3) is 0 Å². The first kappa shape index (κ1) is 23.4. The average Bonchev–Trinajstić information content (AvgIpc) is 3.08. The predicted octanol–water partition coefficient (Wildman–Crippen LogP) is -2.18. The Morgan fingerprint density at radius 1 is 0.294 bits per heavy atom. The third kappa shape index (κ3) is 5.90. The van der Waals surface area contributed by atoms with Crippen molar-refractivity contribution in [3.05, 3.63) is 48.6 Å². The van der Waals surface area contributed by atoms with E-state index in [1.54, 1.807) is 0 Å². The molecule has 0 radical (unpaired) electrons. The fourth-order valence-electron chi connectivity index (χ4n) is 2.05. The summed E-state index contributed by atoms with van der Waals surface area (Å²) in [6.45, 7) is 0. The minimum absolute atomic E-state index is 0.733. The highest BCUT2D eigenvalue weighted by Gasteiger charge is 2.52. The highest BCUT2D eigenvalue weighted by molar-refractivity contribution is 5.97. The molecule has 4 aliphatic rings. The lowest BCUT2D eigenvalue weighted by Gasteiger charge is -2.24. The molecule has 0 saturated heterocycles. The van der Waals surface area contributed by atoms with Crippen LogP contribution in [0.5, 0.6) is 0 Å². The fourth-order valence-corrected chi connectivity index (χ4v) is 2.05. The van der Waals surface area contributed by atoms with Crippen LogP contribution >= 0.6 is 0 Å². The van der Waals surface area contributed by atoms with Gasteiger partial charge in [0.05, 0.1) is 0 Å². The molecule has 0 unspecified atom stereocenters. The molecule has 34 heavy (non-hydrogen) atoms. The molecular weight excluding hydrogens is 472 g/mol. The topological polar surface area (TPSA) is 210 Å². The van der Waals surface area contributed by atoms with E-state index in [2.05, 4.69) is 37.9 Å². The summed E-state index contributed by atoms with van der Waals surface area (Å²) in [6, 6.07) is 0. The van der Waals surface area contributed by atoms with E-state index >= 15 is 0 Å². The van der Waals surface area contributed by atoms with Crippen molar-refractivity contribution >= 4 is 47.8 Å². The van der Waals surface area contributed by atoms with E-state index in [0.29, 0.717) is 0 Å². The van der Waals surface area contributed by atoms with Crippen molar-refractivity contribution in [3.8, 4) is 0 Å². The van der Waals surface area contributed by atoms with Gasteiger partial charge in [0.1, 0.15) is 0 Å². The van der Waals surface area contributed by atoms with Gasteiger partial charge in [-0.05, 0) is 0 Å². The van der Waals surface area contributed by atoms with E-state index < -0.39 is 60.1 Å². The van der Waals surface area contributed by atoms with Crippen LogP contribution in [-0.2, 0) is 76.3 Å². The van der Waals surface area contributed by atoms with Gasteiger partial charge in [0.25, 0.3) is 0 Å². The van der Waals surface area contributed by atoms with Crippen LogP contribution in [0.4, 0.5) is 0 Å². The Morgan fingerprint density at radius 2 is 0.412 bits per heavy atom. The molecular formula is C18H8O16. The number of hydrogen-bond acceptors (Lipinski definition) is 16. The molecule has 0 atom stereocenters. The standard InChI is InChI=1S/2C9H4O8/c2*10-5-1-2-6(11)15-9(14-5)16-7(12)3-4-8(13)17-9/h2*1-4H. The lowest BCUT2D eigenvalue weighted by Crippen LogP contribution is -2.45. The van der Waals surface area contributed by atoms with E-state index in [0.717, 1.165) is 48.6 Å². The molecule has 0 fully saturated rings. The average molecular weight is 480 g/mol. The Kier molecular flexibility index (Phi) is 6.24. The summed E-state index contributed by atoms with van der Waals surface area (Å²) in [5.41, 5.74) is 0. The quantitative estimate of drug-likeness (QED) is 0.337. The number of hydrogen-bond donors (Lipinski definition) is 0. The van der Waals surface area contributed by atoms with Crippen molar-refractivity contribution in [2.24, 2.45) is 0 Å². The molecule has 0 aliphatic carbocycles. The molecule has 0 N–H and O–H groups in total. The van der Waals surface area contributed by atoms with Crippen molar-refractivity contribution in [2.45, 2.75) is 12.3 Å². The van der Waals surface area contributed by atoms with Crippen molar-refractivity contribution in [2.75, 3.05) is 0 Å². The second kappa shape index (κ2) is 9.07. The molecule has 176 valence electrons. The summed E-state index contributed by atoms with van der Waals surface area (Å²) in [4.78, 5) is 88.7. The van der Waals surface area contributed by atoms with Crippen LogP contribution in [0.1, 0.15) is 0 Å². The second-order valence-electron chi connectivity index (χ2n) is 5.70. The van der Waals surface area contributed by atoms with Gasteiger partial charge in [0.15, 0.2) is 0 Å². The van der Waals surface area contributed by atoms with Crippen molar-refractivity contribution in [1.82, 2.24) is 0 Å². The molecule has 4 heterocycles. The monoisotopic (exact) mass is 480 g/mol. The van der Waals surface area contributed by atoms with Crippen LogP contribution in [-0.4, -0.2) is 60.1 Å². The maximum atomic E-state index is 11.1. The van der Waals surface area contributed by atoms with Crippen molar-refractivity contribution in [3.63, 3.8) is 0 Å². The minimum Gasteiger partial charge on any atom is -0.349 e. The summed E-state index contributed by atoms with van der Waals surface area (Å²) in [6.07, 6.45) is 0.245. The molecule has 0 saturated carbocycles. The van der Waals surface area contributed by atoms with Gasteiger partial charge in [-0.1, -0.05) is 0 Å². The largest absolute Gasteiger partial charge is 0.620 e. The maximum absolute atomic E-state index is 11.1. The Hall–Kier alpha value is -5.28. The van der Waals surface area contributed by atoms with Gasteiger partial charge in [-0.15, -0.1) is 0 Å². The fraction of sp³-hybridized carbons (Fsp3) is 0.111. The SMILES string of the molecule is O=C1C=CC(=O)OC2(O1)OC(=O)C=CC(=O)O2.O=C1C=CC(=O)OC2(O1)OC(=O)C=CC(=O)O2. The first-order valence-corrected chi connectivity index (χ1v) is 8.54.